The molecule has 0 unspecified atom stereocenters. The topological polar surface area (TPSA) is 50.4 Å². The van der Waals surface area contributed by atoms with Crippen LogP contribution in [0.15, 0.2) is 78.9 Å². The molecule has 0 spiro atoms. The van der Waals surface area contributed by atoms with Crippen LogP contribution in [0.2, 0.25) is 0 Å². The molecule has 3 rings (SSSR count). The first-order valence-corrected chi connectivity index (χ1v) is 8.66. The highest BCUT2D eigenvalue weighted by Gasteiger charge is 2.04. The highest BCUT2D eigenvalue weighted by atomic mass is 16.5. The number of anilines is 3. The molecule has 3 aromatic carbocycles. The molecule has 1 amide bonds. The number of amides is 1. The zero-order valence-corrected chi connectivity index (χ0v) is 14.7. The lowest BCUT2D eigenvalue weighted by Gasteiger charge is -2.10. The quantitative estimate of drug-likeness (QED) is 0.632. The summed E-state index contributed by atoms with van der Waals surface area (Å²) in [5, 5.41) is 6.14. The third-order valence-corrected chi connectivity index (χ3v) is 3.93. The molecule has 26 heavy (non-hydrogen) atoms. The van der Waals surface area contributed by atoms with Gasteiger partial charge in [-0.25, -0.2) is 0 Å². The molecule has 0 aromatic heterocycles. The molecule has 0 saturated carbocycles. The minimum Gasteiger partial charge on any atom is -0.484 e. The Morgan fingerprint density at radius 2 is 1.42 bits per heavy atom. The van der Waals surface area contributed by atoms with Gasteiger partial charge in [-0.3, -0.25) is 4.79 Å². The van der Waals surface area contributed by atoms with Gasteiger partial charge in [0.25, 0.3) is 5.91 Å². The number of nitrogens with one attached hydrogen (secondary N) is 2. The van der Waals surface area contributed by atoms with Crippen LogP contribution in [0.3, 0.4) is 0 Å². The molecule has 0 atom stereocenters. The summed E-state index contributed by atoms with van der Waals surface area (Å²) in [6, 6.07) is 25.3. The summed E-state index contributed by atoms with van der Waals surface area (Å²) in [4.78, 5) is 12.0. The van der Waals surface area contributed by atoms with Crippen molar-refractivity contribution in [2.75, 3.05) is 17.2 Å². The molecule has 0 heterocycles. The van der Waals surface area contributed by atoms with Crippen LogP contribution in [0.1, 0.15) is 12.5 Å². The molecule has 0 bridgehead atoms. The van der Waals surface area contributed by atoms with Crippen molar-refractivity contribution in [2.45, 2.75) is 13.3 Å². The highest BCUT2D eigenvalue weighted by molar-refractivity contribution is 5.92. The maximum atomic E-state index is 12.0. The van der Waals surface area contributed by atoms with Gasteiger partial charge in [-0.15, -0.1) is 0 Å². The van der Waals surface area contributed by atoms with Crippen molar-refractivity contribution in [3.05, 3.63) is 84.4 Å². The van der Waals surface area contributed by atoms with Crippen molar-refractivity contribution in [2.24, 2.45) is 0 Å². The van der Waals surface area contributed by atoms with Crippen molar-refractivity contribution in [1.82, 2.24) is 0 Å². The summed E-state index contributed by atoms with van der Waals surface area (Å²) < 4.78 is 5.52. The molecule has 2 N–H and O–H groups in total. The first-order chi connectivity index (χ1) is 12.7. The number of benzene rings is 3. The predicted molar refractivity (Wildman–Crippen MR) is 106 cm³/mol. The largest absolute Gasteiger partial charge is 0.484 e. The van der Waals surface area contributed by atoms with Crippen LogP contribution in [-0.2, 0) is 11.2 Å². The maximum Gasteiger partial charge on any atom is 0.262 e. The second-order valence-corrected chi connectivity index (χ2v) is 5.90. The molecule has 132 valence electrons. The molecular weight excluding hydrogens is 324 g/mol. The Morgan fingerprint density at radius 1 is 0.808 bits per heavy atom. The van der Waals surface area contributed by atoms with Crippen LogP contribution in [0.5, 0.6) is 5.75 Å². The molecule has 0 saturated heterocycles. The lowest BCUT2D eigenvalue weighted by Crippen LogP contribution is -2.20. The monoisotopic (exact) mass is 346 g/mol. The summed E-state index contributed by atoms with van der Waals surface area (Å²) in [5.74, 6) is 0.507. The van der Waals surface area contributed by atoms with Crippen molar-refractivity contribution >= 4 is 23.0 Å². The van der Waals surface area contributed by atoms with Gasteiger partial charge in [0, 0.05) is 17.1 Å². The summed E-state index contributed by atoms with van der Waals surface area (Å²) in [6.45, 7) is 2.08. The van der Waals surface area contributed by atoms with Crippen molar-refractivity contribution in [1.29, 1.82) is 0 Å². The van der Waals surface area contributed by atoms with E-state index in [1.54, 1.807) is 0 Å². The Balaban J connectivity index is 1.49. The molecule has 4 heteroatoms. The van der Waals surface area contributed by atoms with Gasteiger partial charge < -0.3 is 15.4 Å². The number of hydrogen-bond donors (Lipinski definition) is 2. The zero-order valence-electron chi connectivity index (χ0n) is 14.7. The number of ether oxygens (including phenoxy) is 1. The van der Waals surface area contributed by atoms with E-state index in [9.17, 15) is 4.79 Å². The Labute approximate surface area is 153 Å². The van der Waals surface area contributed by atoms with Gasteiger partial charge >= 0.3 is 0 Å². The lowest BCUT2D eigenvalue weighted by atomic mass is 10.2. The number of para-hydroxylation sites is 1. The fourth-order valence-electron chi connectivity index (χ4n) is 2.49. The van der Waals surface area contributed by atoms with Crippen LogP contribution in [0.4, 0.5) is 17.1 Å². The van der Waals surface area contributed by atoms with Gasteiger partial charge in [-0.2, -0.15) is 0 Å². The van der Waals surface area contributed by atoms with Gasteiger partial charge in [0.1, 0.15) is 5.75 Å². The third kappa shape index (κ3) is 5.11. The van der Waals surface area contributed by atoms with Gasteiger partial charge in [0.15, 0.2) is 6.61 Å². The Bertz CT molecular complexity index is 828. The van der Waals surface area contributed by atoms with E-state index in [1.165, 1.54) is 5.56 Å². The van der Waals surface area contributed by atoms with Crippen LogP contribution >= 0.6 is 0 Å². The van der Waals surface area contributed by atoms with Gasteiger partial charge in [0.05, 0.1) is 0 Å². The van der Waals surface area contributed by atoms with Crippen molar-refractivity contribution in [3.63, 3.8) is 0 Å². The minimum absolute atomic E-state index is 0.0184. The van der Waals surface area contributed by atoms with Crippen LogP contribution < -0.4 is 15.4 Å². The second kappa shape index (κ2) is 8.72. The van der Waals surface area contributed by atoms with Crippen LogP contribution in [0.25, 0.3) is 0 Å². The highest BCUT2D eigenvalue weighted by Crippen LogP contribution is 2.18. The van der Waals surface area contributed by atoms with Gasteiger partial charge in [-0.1, -0.05) is 37.3 Å². The van der Waals surface area contributed by atoms with E-state index in [0.717, 1.165) is 23.5 Å². The van der Waals surface area contributed by atoms with Crippen molar-refractivity contribution < 1.29 is 9.53 Å². The summed E-state index contributed by atoms with van der Waals surface area (Å²) in [5.41, 5.74) is 3.96. The van der Waals surface area contributed by atoms with Crippen LogP contribution in [0, 0.1) is 0 Å². The molecule has 0 fully saturated rings. The fourth-order valence-corrected chi connectivity index (χ4v) is 2.49. The zero-order chi connectivity index (χ0) is 18.2. The Kier molecular flexibility index (Phi) is 5.88. The van der Waals surface area contributed by atoms with E-state index in [0.29, 0.717) is 5.75 Å². The molecule has 0 aliphatic rings. The van der Waals surface area contributed by atoms with Crippen molar-refractivity contribution in [3.8, 4) is 5.75 Å². The Morgan fingerprint density at radius 3 is 2.08 bits per heavy atom. The van der Waals surface area contributed by atoms with E-state index < -0.39 is 0 Å². The minimum atomic E-state index is -0.187. The summed E-state index contributed by atoms with van der Waals surface area (Å²) in [6.07, 6.45) is 0.982. The summed E-state index contributed by atoms with van der Waals surface area (Å²) in [7, 11) is 0. The maximum absolute atomic E-state index is 12.0. The number of carbonyl (C=O) groups is 1. The van der Waals surface area contributed by atoms with E-state index in [2.05, 4.69) is 17.6 Å². The van der Waals surface area contributed by atoms with E-state index in [-0.39, 0.29) is 12.5 Å². The average Bonchev–Trinajstić information content (AvgIpc) is 2.69. The molecule has 4 nitrogen and oxygen atoms in total. The Hall–Kier alpha value is -3.27. The molecule has 3 aromatic rings. The lowest BCUT2D eigenvalue weighted by molar-refractivity contribution is -0.118. The molecule has 0 aliphatic heterocycles. The predicted octanol–water partition coefficient (Wildman–Crippen LogP) is 5.01. The average molecular weight is 346 g/mol. The first-order valence-electron chi connectivity index (χ1n) is 8.66. The number of rotatable bonds is 7. The van der Waals surface area contributed by atoms with Gasteiger partial charge in [-0.05, 0) is 60.5 Å². The number of hydrogen-bond acceptors (Lipinski definition) is 3. The summed E-state index contributed by atoms with van der Waals surface area (Å²) >= 11 is 0. The van der Waals surface area contributed by atoms with E-state index in [4.69, 9.17) is 4.74 Å². The molecule has 0 aliphatic carbocycles. The molecular formula is C22H22N2O2. The normalized spacial score (nSPS) is 10.2. The van der Waals surface area contributed by atoms with E-state index in [1.807, 2.05) is 78.9 Å². The number of aryl methyl sites for hydroxylation is 1. The third-order valence-electron chi connectivity index (χ3n) is 3.93. The second-order valence-electron chi connectivity index (χ2n) is 5.90. The van der Waals surface area contributed by atoms with Crippen LogP contribution in [-0.4, -0.2) is 12.5 Å². The standard InChI is InChI=1S/C22H22N2O2/c1-2-17-8-14-21(15-9-17)26-16-22(25)24-20-12-10-19(11-13-20)23-18-6-4-3-5-7-18/h3-15,23H,2,16H2,1H3,(H,24,25). The smallest absolute Gasteiger partial charge is 0.262 e. The molecule has 0 radical (unpaired) electrons. The van der Waals surface area contributed by atoms with Gasteiger partial charge in [0.2, 0.25) is 0 Å². The fraction of sp³-hybridized carbons (Fsp3) is 0.136. The number of carbonyl (C=O) groups excluding carboxylic acids is 1. The van der Waals surface area contributed by atoms with E-state index >= 15 is 0 Å². The first kappa shape index (κ1) is 17.5. The SMILES string of the molecule is CCc1ccc(OCC(=O)Nc2ccc(Nc3ccccc3)cc2)cc1.